The van der Waals surface area contributed by atoms with Gasteiger partial charge in [0.05, 0.1) is 7.11 Å². The maximum absolute atomic E-state index is 11.3. The minimum Gasteiger partial charge on any atom is -0.468 e. The Balaban J connectivity index is 3.64. The van der Waals surface area contributed by atoms with E-state index < -0.39 is 19.2 Å². The van der Waals surface area contributed by atoms with Crippen LogP contribution in [0.2, 0.25) is 0 Å². The molecule has 0 radical (unpaired) electrons. The summed E-state index contributed by atoms with van der Waals surface area (Å²) in [5, 5.41) is 0. The Hall–Kier alpha value is -0.380. The van der Waals surface area contributed by atoms with Crippen LogP contribution in [0, 0.1) is 0 Å². The highest BCUT2D eigenvalue weighted by Gasteiger charge is 2.35. The van der Waals surface area contributed by atoms with Crippen LogP contribution in [0.5, 0.6) is 0 Å². The highest BCUT2D eigenvalue weighted by Crippen LogP contribution is 2.44. The summed E-state index contributed by atoms with van der Waals surface area (Å²) >= 11 is 0. The third-order valence-corrected chi connectivity index (χ3v) is 4.99. The summed E-state index contributed by atoms with van der Waals surface area (Å²) in [6.45, 7) is 2.21. The van der Waals surface area contributed by atoms with Gasteiger partial charge in [-0.2, -0.15) is 0 Å². The fraction of sp³-hybridized carbons (Fsp3) is 0.933. The second kappa shape index (κ2) is 12.2. The number of methoxy groups -OCH3 is 1. The average molecular weight is 322 g/mol. The Morgan fingerprint density at radius 3 is 1.76 bits per heavy atom. The minimum atomic E-state index is -4.40. The molecular formula is C15H31O5P. The van der Waals surface area contributed by atoms with E-state index >= 15 is 0 Å². The second-order valence-electron chi connectivity index (χ2n) is 5.60. The Kier molecular flexibility index (Phi) is 12.0. The molecule has 1 atom stereocenters. The normalized spacial score (nSPS) is 13.1. The summed E-state index contributed by atoms with van der Waals surface area (Å²) in [7, 11) is -3.24. The lowest BCUT2D eigenvalue weighted by atomic mass is 10.1. The molecule has 0 aromatic carbocycles. The van der Waals surface area contributed by atoms with Gasteiger partial charge in [0, 0.05) is 0 Å². The molecule has 0 aliphatic carbocycles. The van der Waals surface area contributed by atoms with Crippen LogP contribution in [0.4, 0.5) is 0 Å². The van der Waals surface area contributed by atoms with Crippen LogP contribution in [0.15, 0.2) is 0 Å². The van der Waals surface area contributed by atoms with Gasteiger partial charge in [0.1, 0.15) is 0 Å². The predicted molar refractivity (Wildman–Crippen MR) is 84.3 cm³/mol. The first kappa shape index (κ1) is 20.6. The summed E-state index contributed by atoms with van der Waals surface area (Å²) < 4.78 is 15.7. The molecule has 0 aliphatic heterocycles. The first-order valence-corrected chi connectivity index (χ1v) is 9.74. The molecule has 0 heterocycles. The summed E-state index contributed by atoms with van der Waals surface area (Å²) in [5.74, 6) is -0.806. The zero-order valence-corrected chi connectivity index (χ0v) is 14.3. The van der Waals surface area contributed by atoms with Gasteiger partial charge in [-0.05, 0) is 6.42 Å². The number of rotatable bonds is 13. The van der Waals surface area contributed by atoms with E-state index in [4.69, 9.17) is 9.79 Å². The molecule has 6 heteroatoms. The number of esters is 1. The van der Waals surface area contributed by atoms with Crippen LogP contribution in [-0.2, 0) is 14.1 Å². The molecule has 0 aromatic heterocycles. The molecule has 2 N–H and O–H groups in total. The number of ether oxygens (including phenoxy) is 1. The van der Waals surface area contributed by atoms with E-state index in [1.807, 2.05) is 0 Å². The maximum atomic E-state index is 11.3. The Labute approximate surface area is 128 Å². The van der Waals surface area contributed by atoms with Crippen molar-refractivity contribution >= 4 is 13.6 Å². The minimum absolute atomic E-state index is 0.202. The average Bonchev–Trinajstić information content (AvgIpc) is 2.42. The Bertz CT molecular complexity index is 313. The zero-order chi connectivity index (χ0) is 16.1. The smallest absolute Gasteiger partial charge is 0.339 e. The van der Waals surface area contributed by atoms with Crippen LogP contribution < -0.4 is 0 Å². The molecule has 0 saturated heterocycles. The molecule has 126 valence electrons. The lowest BCUT2D eigenvalue weighted by Crippen LogP contribution is -2.22. The molecule has 1 unspecified atom stereocenters. The Morgan fingerprint density at radius 2 is 1.38 bits per heavy atom. The van der Waals surface area contributed by atoms with Crippen molar-refractivity contribution in [3.05, 3.63) is 0 Å². The molecule has 0 bridgehead atoms. The highest BCUT2D eigenvalue weighted by atomic mass is 31.2. The number of unbranched alkanes of at least 4 members (excludes halogenated alkanes) is 9. The van der Waals surface area contributed by atoms with Crippen LogP contribution in [0.3, 0.4) is 0 Å². The van der Waals surface area contributed by atoms with E-state index in [9.17, 15) is 9.36 Å². The Morgan fingerprint density at radius 1 is 0.952 bits per heavy atom. The molecular weight excluding hydrogens is 291 g/mol. The zero-order valence-electron chi connectivity index (χ0n) is 13.4. The lowest BCUT2D eigenvalue weighted by Gasteiger charge is -2.15. The van der Waals surface area contributed by atoms with Crippen molar-refractivity contribution < 1.29 is 23.9 Å². The van der Waals surface area contributed by atoms with Crippen molar-refractivity contribution in [2.24, 2.45) is 0 Å². The van der Waals surface area contributed by atoms with E-state index in [2.05, 4.69) is 11.7 Å². The van der Waals surface area contributed by atoms with Crippen molar-refractivity contribution in [1.82, 2.24) is 0 Å². The monoisotopic (exact) mass is 322 g/mol. The number of hydrogen-bond acceptors (Lipinski definition) is 3. The summed E-state index contributed by atoms with van der Waals surface area (Å²) in [6, 6.07) is 0. The third kappa shape index (κ3) is 10.9. The molecule has 0 spiro atoms. The molecule has 0 aromatic rings. The van der Waals surface area contributed by atoms with Gasteiger partial charge in [-0.1, -0.05) is 71.1 Å². The van der Waals surface area contributed by atoms with Gasteiger partial charge in [0.25, 0.3) is 0 Å². The molecule has 21 heavy (non-hydrogen) atoms. The standard InChI is InChI=1S/C15H31O5P/c1-3-4-5-6-7-8-9-10-11-12-13-14(15(16)20-2)21(17,18)19/h14H,3-13H2,1-2H3,(H2,17,18,19). The van der Waals surface area contributed by atoms with Gasteiger partial charge in [-0.15, -0.1) is 0 Å². The van der Waals surface area contributed by atoms with E-state index in [0.717, 1.165) is 26.4 Å². The molecule has 0 saturated carbocycles. The maximum Gasteiger partial charge on any atom is 0.339 e. The van der Waals surface area contributed by atoms with E-state index in [1.54, 1.807) is 0 Å². The van der Waals surface area contributed by atoms with Crippen molar-refractivity contribution in [3.8, 4) is 0 Å². The fourth-order valence-corrected chi connectivity index (χ4v) is 3.28. The molecule has 0 rings (SSSR count). The number of carbonyl (C=O) groups excluding carboxylic acids is 1. The van der Waals surface area contributed by atoms with Crippen molar-refractivity contribution in [1.29, 1.82) is 0 Å². The van der Waals surface area contributed by atoms with E-state index in [1.165, 1.54) is 38.5 Å². The lowest BCUT2D eigenvalue weighted by molar-refractivity contribution is -0.140. The quantitative estimate of drug-likeness (QED) is 0.304. The summed E-state index contributed by atoms with van der Waals surface area (Å²) in [5.41, 5.74) is -1.29. The van der Waals surface area contributed by atoms with Gasteiger partial charge in [-0.25, -0.2) is 0 Å². The number of carbonyl (C=O) groups is 1. The fourth-order valence-electron chi connectivity index (χ4n) is 2.38. The van der Waals surface area contributed by atoms with Gasteiger partial charge < -0.3 is 14.5 Å². The van der Waals surface area contributed by atoms with Crippen LogP contribution in [-0.4, -0.2) is 28.5 Å². The van der Waals surface area contributed by atoms with E-state index in [-0.39, 0.29) is 6.42 Å². The SMILES string of the molecule is CCCCCCCCCCCCC(C(=O)OC)P(=O)(O)O. The molecule has 0 amide bonds. The van der Waals surface area contributed by atoms with Gasteiger partial charge in [0.15, 0.2) is 5.66 Å². The van der Waals surface area contributed by atoms with Crippen molar-refractivity contribution in [3.63, 3.8) is 0 Å². The first-order valence-electron chi connectivity index (χ1n) is 8.06. The molecule has 0 aliphatic rings. The van der Waals surface area contributed by atoms with Crippen LogP contribution >= 0.6 is 7.60 Å². The first-order chi connectivity index (χ1) is 9.93. The van der Waals surface area contributed by atoms with Crippen molar-refractivity contribution in [2.45, 2.75) is 83.2 Å². The van der Waals surface area contributed by atoms with E-state index in [0.29, 0.717) is 6.42 Å². The van der Waals surface area contributed by atoms with Gasteiger partial charge in [-0.3, -0.25) is 9.36 Å². The second-order valence-corrected chi connectivity index (χ2v) is 7.40. The van der Waals surface area contributed by atoms with Crippen molar-refractivity contribution in [2.75, 3.05) is 7.11 Å². The van der Waals surface area contributed by atoms with Gasteiger partial charge >= 0.3 is 13.6 Å². The third-order valence-electron chi connectivity index (χ3n) is 3.71. The highest BCUT2D eigenvalue weighted by molar-refractivity contribution is 7.53. The van der Waals surface area contributed by atoms with Gasteiger partial charge in [0.2, 0.25) is 0 Å². The number of hydrogen-bond donors (Lipinski definition) is 2. The van der Waals surface area contributed by atoms with Crippen LogP contribution in [0.25, 0.3) is 0 Å². The topological polar surface area (TPSA) is 83.8 Å². The predicted octanol–water partition coefficient (Wildman–Crippen LogP) is 4.02. The summed E-state index contributed by atoms with van der Waals surface area (Å²) in [4.78, 5) is 29.6. The molecule has 5 nitrogen and oxygen atoms in total. The molecule has 0 fully saturated rings. The largest absolute Gasteiger partial charge is 0.468 e. The summed E-state index contributed by atoms with van der Waals surface area (Å²) in [6.07, 6.45) is 11.7. The van der Waals surface area contributed by atoms with Crippen LogP contribution in [0.1, 0.15) is 77.6 Å².